The van der Waals surface area contributed by atoms with Gasteiger partial charge in [-0.05, 0) is 0 Å². The highest BCUT2D eigenvalue weighted by Gasteiger charge is 2.39. The summed E-state index contributed by atoms with van der Waals surface area (Å²) in [6.45, 7) is 0. The smallest absolute Gasteiger partial charge is 0.320 e. The molecule has 5 nitrogen and oxygen atoms in total. The van der Waals surface area contributed by atoms with Crippen LogP contribution in [0.15, 0.2) is 0 Å². The first-order valence-electron chi connectivity index (χ1n) is 2.76. The number of cyclic esters (lactones) is 1. The fraction of sp³-hybridized carbons (Fsp3) is 0.750. The maximum atomic E-state index is 10.6. The molecule has 7 heteroatoms. The molecule has 0 bridgehead atoms. The third-order valence-electron chi connectivity index (χ3n) is 1.27. The molecule has 1 saturated heterocycles. The summed E-state index contributed by atoms with van der Waals surface area (Å²) in [5.74, 6) is -0.712. The maximum absolute atomic E-state index is 10.6. The van der Waals surface area contributed by atoms with E-state index in [1.807, 2.05) is 0 Å². The molecule has 0 amide bonds. The minimum Gasteiger partial charge on any atom is -0.442 e. The number of thiol groups is 1. The van der Waals surface area contributed by atoms with Crippen LogP contribution < -0.4 is 0 Å². The second kappa shape index (κ2) is 2.65. The van der Waals surface area contributed by atoms with Crippen molar-refractivity contribution < 1.29 is 22.5 Å². The van der Waals surface area contributed by atoms with E-state index in [1.165, 1.54) is 0 Å². The van der Waals surface area contributed by atoms with Crippen LogP contribution in [-0.4, -0.2) is 29.6 Å². The van der Waals surface area contributed by atoms with Crippen molar-refractivity contribution in [2.45, 2.75) is 17.1 Å². The number of carbonyl (C=O) groups is 1. The van der Waals surface area contributed by atoms with Crippen molar-refractivity contribution >= 4 is 28.7 Å². The first kappa shape index (κ1) is 8.82. The first-order chi connectivity index (χ1) is 4.91. The number of hydrogen-bond donors (Lipinski definition) is 2. The zero-order valence-corrected chi connectivity index (χ0v) is 7.01. The SMILES string of the molecule is O=C1OC(S(=O)(=O)O)CC1S. The molecule has 0 aromatic rings. The van der Waals surface area contributed by atoms with E-state index in [2.05, 4.69) is 17.4 Å². The Bertz CT molecular complexity index is 268. The fourth-order valence-electron chi connectivity index (χ4n) is 0.717. The van der Waals surface area contributed by atoms with Crippen LogP contribution in [0.2, 0.25) is 0 Å². The minimum atomic E-state index is -4.26. The number of rotatable bonds is 1. The molecule has 0 radical (unpaired) electrons. The molecule has 0 spiro atoms. The van der Waals surface area contributed by atoms with Gasteiger partial charge in [0.2, 0.25) is 5.44 Å². The first-order valence-corrected chi connectivity index (χ1v) is 4.78. The predicted octanol–water partition coefficient (Wildman–Crippen LogP) is -0.554. The summed E-state index contributed by atoms with van der Waals surface area (Å²) in [4.78, 5) is 10.6. The predicted molar refractivity (Wildman–Crippen MR) is 38.8 cm³/mol. The molecule has 0 aliphatic carbocycles. The second-order valence-electron chi connectivity index (χ2n) is 2.13. The Balaban J connectivity index is 2.77. The summed E-state index contributed by atoms with van der Waals surface area (Å²) in [5, 5.41) is -0.748. The number of esters is 1. The van der Waals surface area contributed by atoms with Crippen molar-refractivity contribution in [3.8, 4) is 0 Å². The zero-order chi connectivity index (χ0) is 8.65. The van der Waals surface area contributed by atoms with Gasteiger partial charge in [-0.25, -0.2) is 0 Å². The highest BCUT2D eigenvalue weighted by atomic mass is 32.2. The van der Waals surface area contributed by atoms with Gasteiger partial charge in [-0.1, -0.05) is 0 Å². The molecule has 0 aromatic heterocycles. The molecule has 1 aliphatic rings. The van der Waals surface area contributed by atoms with Gasteiger partial charge in [0.15, 0.2) is 0 Å². The largest absolute Gasteiger partial charge is 0.442 e. The van der Waals surface area contributed by atoms with Crippen LogP contribution in [0.1, 0.15) is 6.42 Å². The van der Waals surface area contributed by atoms with Gasteiger partial charge >= 0.3 is 16.1 Å². The van der Waals surface area contributed by atoms with Crippen LogP contribution in [0.3, 0.4) is 0 Å². The van der Waals surface area contributed by atoms with E-state index >= 15 is 0 Å². The zero-order valence-electron chi connectivity index (χ0n) is 5.30. The van der Waals surface area contributed by atoms with Crippen LogP contribution in [0.25, 0.3) is 0 Å². The third kappa shape index (κ3) is 1.85. The summed E-state index contributed by atoms with van der Waals surface area (Å²) in [6.07, 6.45) is -0.0965. The van der Waals surface area contributed by atoms with Gasteiger partial charge in [0.1, 0.15) is 5.25 Å². The van der Waals surface area contributed by atoms with Crippen molar-refractivity contribution in [3.05, 3.63) is 0 Å². The average Bonchev–Trinajstić information content (AvgIpc) is 2.11. The van der Waals surface area contributed by atoms with E-state index in [0.29, 0.717) is 0 Å². The standard InChI is InChI=1S/C4H6O5S2/c5-4-2(10)1-3(9-4)11(6,7)8/h2-3,10H,1H2,(H,6,7,8). The Morgan fingerprint density at radius 1 is 1.64 bits per heavy atom. The summed E-state index contributed by atoms with van der Waals surface area (Å²) in [7, 11) is -4.26. The van der Waals surface area contributed by atoms with E-state index in [4.69, 9.17) is 4.55 Å². The summed E-state index contributed by atoms with van der Waals surface area (Å²) in [6, 6.07) is 0. The van der Waals surface area contributed by atoms with Gasteiger partial charge in [0.25, 0.3) is 0 Å². The topological polar surface area (TPSA) is 80.7 Å². The molecule has 1 fully saturated rings. The van der Waals surface area contributed by atoms with E-state index in [1.54, 1.807) is 0 Å². The highest BCUT2D eigenvalue weighted by molar-refractivity contribution is 7.86. The lowest BCUT2D eigenvalue weighted by Crippen LogP contribution is -2.19. The normalized spacial score (nSPS) is 32.0. The molecule has 2 atom stereocenters. The molecule has 11 heavy (non-hydrogen) atoms. The van der Waals surface area contributed by atoms with Gasteiger partial charge in [-0.15, -0.1) is 0 Å². The number of ether oxygens (including phenoxy) is 1. The van der Waals surface area contributed by atoms with Gasteiger partial charge in [-0.3, -0.25) is 9.35 Å². The van der Waals surface area contributed by atoms with Crippen LogP contribution in [0, 0.1) is 0 Å². The molecule has 1 heterocycles. The van der Waals surface area contributed by atoms with Gasteiger partial charge in [-0.2, -0.15) is 21.0 Å². The third-order valence-corrected chi connectivity index (χ3v) is 2.64. The molecule has 0 saturated carbocycles. The Kier molecular flexibility index (Phi) is 2.13. The van der Waals surface area contributed by atoms with E-state index < -0.39 is 26.8 Å². The lowest BCUT2D eigenvalue weighted by Gasteiger charge is -2.02. The fourth-order valence-corrected chi connectivity index (χ4v) is 1.76. The number of hydrogen-bond acceptors (Lipinski definition) is 5. The Hall–Kier alpha value is -0.270. The van der Waals surface area contributed by atoms with E-state index in [9.17, 15) is 13.2 Å². The quantitative estimate of drug-likeness (QED) is 0.335. The van der Waals surface area contributed by atoms with Crippen LogP contribution in [0.5, 0.6) is 0 Å². The molecule has 1 rings (SSSR count). The van der Waals surface area contributed by atoms with E-state index in [0.717, 1.165) is 0 Å². The summed E-state index contributed by atoms with van der Waals surface area (Å²) >= 11 is 3.73. The van der Waals surface area contributed by atoms with Crippen molar-refractivity contribution in [3.63, 3.8) is 0 Å². The highest BCUT2D eigenvalue weighted by Crippen LogP contribution is 2.22. The Morgan fingerprint density at radius 3 is 2.36 bits per heavy atom. The van der Waals surface area contributed by atoms with Crippen LogP contribution in [-0.2, 0) is 19.6 Å². The maximum Gasteiger partial charge on any atom is 0.320 e. The molecular weight excluding hydrogens is 192 g/mol. The Morgan fingerprint density at radius 2 is 2.18 bits per heavy atom. The molecule has 2 unspecified atom stereocenters. The second-order valence-corrected chi connectivity index (χ2v) is 4.31. The molecular formula is C4H6O5S2. The molecule has 1 N–H and O–H groups in total. The molecule has 1 aliphatic heterocycles. The van der Waals surface area contributed by atoms with Gasteiger partial charge in [0.05, 0.1) is 0 Å². The number of carbonyl (C=O) groups excluding carboxylic acids is 1. The van der Waals surface area contributed by atoms with E-state index in [-0.39, 0.29) is 6.42 Å². The van der Waals surface area contributed by atoms with Gasteiger partial charge in [0, 0.05) is 6.42 Å². The van der Waals surface area contributed by atoms with Crippen molar-refractivity contribution in [1.29, 1.82) is 0 Å². The summed E-state index contributed by atoms with van der Waals surface area (Å²) in [5.41, 5.74) is -1.43. The van der Waals surface area contributed by atoms with Crippen molar-refractivity contribution in [2.75, 3.05) is 0 Å². The van der Waals surface area contributed by atoms with Crippen molar-refractivity contribution in [1.82, 2.24) is 0 Å². The summed E-state index contributed by atoms with van der Waals surface area (Å²) < 4.78 is 33.4. The van der Waals surface area contributed by atoms with Crippen LogP contribution in [0.4, 0.5) is 0 Å². The lowest BCUT2D eigenvalue weighted by molar-refractivity contribution is -0.138. The average molecular weight is 198 g/mol. The minimum absolute atomic E-state index is 0.0965. The monoisotopic (exact) mass is 198 g/mol. The van der Waals surface area contributed by atoms with Crippen molar-refractivity contribution in [2.24, 2.45) is 0 Å². The Labute approximate surface area is 68.9 Å². The van der Waals surface area contributed by atoms with Crippen LogP contribution >= 0.6 is 12.6 Å². The lowest BCUT2D eigenvalue weighted by atomic mass is 10.4. The molecule has 0 aromatic carbocycles. The van der Waals surface area contributed by atoms with Gasteiger partial charge < -0.3 is 4.74 Å². The molecule has 64 valence electrons.